The lowest BCUT2D eigenvalue weighted by Crippen LogP contribution is -2.16. The quantitative estimate of drug-likeness (QED) is 0.367. The van der Waals surface area contributed by atoms with Gasteiger partial charge in [0.25, 0.3) is 10.0 Å². The second kappa shape index (κ2) is 6.64. The van der Waals surface area contributed by atoms with Crippen molar-refractivity contribution in [3.63, 3.8) is 0 Å². The molecule has 130 valence electrons. The van der Waals surface area contributed by atoms with Crippen molar-refractivity contribution in [2.75, 3.05) is 4.72 Å². The number of anilines is 1. The molecule has 11 heteroatoms. The first kappa shape index (κ1) is 19.2. The molecule has 1 N–H and O–H groups in total. The van der Waals surface area contributed by atoms with E-state index < -0.39 is 52.6 Å². The minimum absolute atomic E-state index is 0.330. The average molecular weight is 498 g/mol. The van der Waals surface area contributed by atoms with Crippen molar-refractivity contribution in [3.05, 3.63) is 56.1 Å². The highest BCUT2D eigenvalue weighted by atomic mass is 127. The molecule has 0 spiro atoms. The maximum absolute atomic E-state index is 13.9. The highest BCUT2D eigenvalue weighted by Crippen LogP contribution is 2.36. The Bertz CT molecular complexity index is 902. The lowest BCUT2D eigenvalue weighted by Gasteiger charge is -2.13. The summed E-state index contributed by atoms with van der Waals surface area (Å²) in [5.74, 6) is -2.08. The van der Waals surface area contributed by atoms with Gasteiger partial charge < -0.3 is 0 Å². The molecule has 0 amide bonds. The zero-order chi connectivity index (χ0) is 18.3. The van der Waals surface area contributed by atoms with Crippen LogP contribution in [0.25, 0.3) is 0 Å². The van der Waals surface area contributed by atoms with E-state index in [1.807, 2.05) is 0 Å². The summed E-state index contributed by atoms with van der Waals surface area (Å²) in [6.45, 7) is 0. The first-order valence-electron chi connectivity index (χ1n) is 5.96. The van der Waals surface area contributed by atoms with Crippen LogP contribution >= 0.6 is 34.2 Å². The van der Waals surface area contributed by atoms with Gasteiger partial charge in [-0.05, 0) is 52.9 Å². The molecule has 0 aliphatic carbocycles. The molecule has 0 saturated heterocycles. The van der Waals surface area contributed by atoms with Crippen molar-refractivity contribution in [2.24, 2.45) is 0 Å². The highest BCUT2D eigenvalue weighted by molar-refractivity contribution is 14.1. The van der Waals surface area contributed by atoms with Gasteiger partial charge in [-0.3, -0.25) is 4.72 Å². The maximum Gasteiger partial charge on any atom is 0.417 e. The highest BCUT2D eigenvalue weighted by Gasteiger charge is 2.34. The van der Waals surface area contributed by atoms with E-state index in [0.717, 1.165) is 24.3 Å². The van der Waals surface area contributed by atoms with E-state index >= 15 is 0 Å². The number of rotatable bonds is 3. The maximum atomic E-state index is 13.9. The number of sulfonamides is 1. The molecule has 0 saturated carbocycles. The van der Waals surface area contributed by atoms with Gasteiger partial charge in [0.1, 0.15) is 5.82 Å². The molecule has 0 aliphatic heterocycles. The summed E-state index contributed by atoms with van der Waals surface area (Å²) < 4.78 is 91.1. The van der Waals surface area contributed by atoms with Gasteiger partial charge in [-0.1, -0.05) is 11.6 Å². The molecular weight excluding hydrogens is 492 g/mol. The number of nitrogens with one attached hydrogen (secondary N) is 1. The lowest BCUT2D eigenvalue weighted by molar-refractivity contribution is -0.137. The van der Waals surface area contributed by atoms with Crippen molar-refractivity contribution in [3.8, 4) is 0 Å². The van der Waals surface area contributed by atoms with Crippen molar-refractivity contribution in [2.45, 2.75) is 11.1 Å². The number of halogens is 7. The van der Waals surface area contributed by atoms with E-state index in [9.17, 15) is 30.4 Å². The van der Waals surface area contributed by atoms with E-state index in [-0.39, 0.29) is 0 Å². The first-order valence-corrected chi connectivity index (χ1v) is 8.90. The van der Waals surface area contributed by atoms with Crippen LogP contribution in [0.3, 0.4) is 0 Å². The molecule has 2 aromatic rings. The molecule has 2 rings (SSSR count). The minimum atomic E-state index is -4.86. The van der Waals surface area contributed by atoms with E-state index in [1.165, 1.54) is 22.6 Å². The molecule has 0 aromatic heterocycles. The van der Waals surface area contributed by atoms with Crippen molar-refractivity contribution in [1.29, 1.82) is 0 Å². The Morgan fingerprint density at radius 1 is 1.08 bits per heavy atom. The summed E-state index contributed by atoms with van der Waals surface area (Å²) >= 11 is 6.75. The normalized spacial score (nSPS) is 12.3. The summed E-state index contributed by atoms with van der Waals surface area (Å²) in [7, 11) is -4.54. The number of alkyl halides is 3. The Morgan fingerprint density at radius 3 is 2.29 bits per heavy atom. The fourth-order valence-corrected chi connectivity index (χ4v) is 3.48. The van der Waals surface area contributed by atoms with Crippen LogP contribution in [0.15, 0.2) is 35.2 Å². The molecule has 2 aromatic carbocycles. The van der Waals surface area contributed by atoms with Crippen LogP contribution in [-0.2, 0) is 16.2 Å². The van der Waals surface area contributed by atoms with Gasteiger partial charge in [0, 0.05) is 0 Å². The van der Waals surface area contributed by atoms with Crippen LogP contribution in [0.5, 0.6) is 0 Å². The predicted octanol–water partition coefficient (Wildman–Crippen LogP) is 5.04. The van der Waals surface area contributed by atoms with E-state index in [0.29, 0.717) is 6.07 Å². The van der Waals surface area contributed by atoms with Crippen LogP contribution in [-0.4, -0.2) is 8.42 Å². The van der Waals surface area contributed by atoms with Crippen LogP contribution in [0.2, 0.25) is 5.02 Å². The second-order valence-electron chi connectivity index (χ2n) is 4.47. The van der Waals surface area contributed by atoms with Crippen molar-refractivity contribution < 1.29 is 30.4 Å². The molecule has 0 unspecified atom stereocenters. The van der Waals surface area contributed by atoms with Crippen LogP contribution in [0.4, 0.5) is 27.6 Å². The monoisotopic (exact) mass is 497 g/mol. The summed E-state index contributed by atoms with van der Waals surface area (Å²) in [4.78, 5) is -0.766. The van der Waals surface area contributed by atoms with Gasteiger partial charge in [-0.15, -0.1) is 0 Å². The van der Waals surface area contributed by atoms with Gasteiger partial charge >= 0.3 is 6.18 Å². The van der Waals surface area contributed by atoms with Crippen LogP contribution in [0, 0.1) is 15.2 Å². The summed E-state index contributed by atoms with van der Waals surface area (Å²) in [6, 6.07) is 3.59. The Balaban J connectivity index is 2.47. The predicted molar refractivity (Wildman–Crippen MR) is 86.3 cm³/mol. The van der Waals surface area contributed by atoms with E-state index in [4.69, 9.17) is 11.6 Å². The fourth-order valence-electron chi connectivity index (χ4n) is 1.70. The Hall–Kier alpha value is -1.14. The summed E-state index contributed by atoms with van der Waals surface area (Å²) in [5, 5.41) is -0.677. The van der Waals surface area contributed by atoms with Crippen LogP contribution < -0.4 is 4.72 Å². The molecule has 0 fully saturated rings. The van der Waals surface area contributed by atoms with Gasteiger partial charge in [0.15, 0.2) is 5.82 Å². The zero-order valence-corrected chi connectivity index (χ0v) is 15.0. The third-order valence-electron chi connectivity index (χ3n) is 2.83. The molecule has 24 heavy (non-hydrogen) atoms. The third kappa shape index (κ3) is 3.91. The number of hydrogen-bond donors (Lipinski definition) is 1. The SMILES string of the molecule is O=S(=O)(Nc1ccc(F)c(I)c1F)c1ccc(Cl)c(C(F)(F)F)c1. The first-order chi connectivity index (χ1) is 10.9. The Labute approximate surface area is 152 Å². The fraction of sp³-hybridized carbons (Fsp3) is 0.0769. The molecule has 0 radical (unpaired) electrons. The van der Waals surface area contributed by atoms with Gasteiger partial charge in [-0.25, -0.2) is 17.2 Å². The summed E-state index contributed by atoms with van der Waals surface area (Å²) in [5.41, 5.74) is -1.94. The van der Waals surface area contributed by atoms with Crippen molar-refractivity contribution >= 4 is 49.9 Å². The Morgan fingerprint density at radius 2 is 1.71 bits per heavy atom. The summed E-state index contributed by atoms with van der Waals surface area (Å²) in [6.07, 6.45) is -4.86. The van der Waals surface area contributed by atoms with E-state index in [1.54, 1.807) is 4.72 Å². The molecule has 0 atom stereocenters. The molecule has 0 aliphatic rings. The third-order valence-corrected chi connectivity index (χ3v) is 5.51. The standard InChI is InChI=1S/C13H6ClF5INO2S/c14-8-2-1-6(5-7(8)13(17,18)19)24(22,23)21-10-4-3-9(15)12(20)11(10)16/h1-5,21H. The van der Waals surface area contributed by atoms with Gasteiger partial charge in [0.2, 0.25) is 0 Å². The smallest absolute Gasteiger partial charge is 0.277 e. The zero-order valence-electron chi connectivity index (χ0n) is 11.3. The average Bonchev–Trinajstić information content (AvgIpc) is 2.47. The van der Waals surface area contributed by atoms with Gasteiger partial charge in [0.05, 0.1) is 24.7 Å². The molecule has 0 heterocycles. The number of benzene rings is 2. The van der Waals surface area contributed by atoms with Crippen molar-refractivity contribution in [1.82, 2.24) is 0 Å². The number of hydrogen-bond acceptors (Lipinski definition) is 2. The minimum Gasteiger partial charge on any atom is -0.277 e. The van der Waals surface area contributed by atoms with Crippen LogP contribution in [0.1, 0.15) is 5.56 Å². The molecule has 0 bridgehead atoms. The topological polar surface area (TPSA) is 46.2 Å². The molecule has 3 nitrogen and oxygen atoms in total. The Kier molecular flexibility index (Phi) is 5.31. The molecular formula is C13H6ClF5INO2S. The second-order valence-corrected chi connectivity index (χ2v) is 7.64. The van der Waals surface area contributed by atoms with Gasteiger partial charge in [-0.2, -0.15) is 13.2 Å². The largest absolute Gasteiger partial charge is 0.417 e. The lowest BCUT2D eigenvalue weighted by atomic mass is 10.2. The van der Waals surface area contributed by atoms with E-state index in [2.05, 4.69) is 0 Å².